The second-order valence-electron chi connectivity index (χ2n) is 8.34. The second-order valence-corrected chi connectivity index (χ2v) is 9.40. The number of aryl methyl sites for hydroxylation is 1. The van der Waals surface area contributed by atoms with Gasteiger partial charge in [0.25, 0.3) is 0 Å². The molecule has 1 N–H and O–H groups in total. The minimum absolute atomic E-state index is 0.0865. The van der Waals surface area contributed by atoms with E-state index in [1.165, 1.54) is 0 Å². The van der Waals surface area contributed by atoms with Crippen molar-refractivity contribution in [2.45, 2.75) is 33.2 Å². The van der Waals surface area contributed by atoms with E-state index in [1.54, 1.807) is 11.3 Å². The molecule has 0 atom stereocenters. The van der Waals surface area contributed by atoms with E-state index in [1.807, 2.05) is 19.1 Å². The van der Waals surface area contributed by atoms with Gasteiger partial charge in [-0.2, -0.15) is 0 Å². The Labute approximate surface area is 183 Å². The number of nitrogens with zero attached hydrogens (tertiary/aromatic N) is 4. The van der Waals surface area contributed by atoms with Crippen molar-refractivity contribution in [3.8, 4) is 0 Å². The van der Waals surface area contributed by atoms with Crippen LogP contribution in [0.1, 0.15) is 30.5 Å². The van der Waals surface area contributed by atoms with Crippen LogP contribution < -0.4 is 10.2 Å². The molecular formula is C23H33N5OS. The maximum atomic E-state index is 13.0. The van der Waals surface area contributed by atoms with Crippen LogP contribution in [0.2, 0.25) is 0 Å². The van der Waals surface area contributed by atoms with Crippen molar-refractivity contribution in [1.29, 1.82) is 0 Å². The van der Waals surface area contributed by atoms with Crippen LogP contribution in [0, 0.1) is 12.8 Å². The summed E-state index contributed by atoms with van der Waals surface area (Å²) in [6, 6.07) is 8.25. The molecule has 7 heteroatoms. The van der Waals surface area contributed by atoms with Crippen LogP contribution >= 0.6 is 11.3 Å². The minimum Gasteiger partial charge on any atom is -0.367 e. The van der Waals surface area contributed by atoms with Crippen molar-refractivity contribution in [3.63, 3.8) is 0 Å². The molecule has 0 aliphatic carbocycles. The molecule has 4 rings (SSSR count). The maximum Gasteiger partial charge on any atom is 0.227 e. The number of rotatable bonds is 6. The van der Waals surface area contributed by atoms with Gasteiger partial charge in [0.15, 0.2) is 0 Å². The van der Waals surface area contributed by atoms with Crippen molar-refractivity contribution >= 4 is 28.6 Å². The third kappa shape index (κ3) is 5.20. The van der Waals surface area contributed by atoms with Gasteiger partial charge < -0.3 is 15.1 Å². The lowest BCUT2D eigenvalue weighted by atomic mass is 9.95. The van der Waals surface area contributed by atoms with Crippen LogP contribution in [0.5, 0.6) is 0 Å². The maximum absolute atomic E-state index is 13.0. The molecule has 30 heavy (non-hydrogen) atoms. The normalized spacial score (nSPS) is 19.2. The first-order valence-electron chi connectivity index (χ1n) is 11.1. The number of para-hydroxylation sites is 2. The van der Waals surface area contributed by atoms with E-state index in [-0.39, 0.29) is 11.8 Å². The number of benzene rings is 1. The summed E-state index contributed by atoms with van der Waals surface area (Å²) in [5, 5.41) is 6.51. The van der Waals surface area contributed by atoms with Gasteiger partial charge in [0.1, 0.15) is 0 Å². The van der Waals surface area contributed by atoms with E-state index in [4.69, 9.17) is 0 Å². The predicted molar refractivity (Wildman–Crippen MR) is 124 cm³/mol. The zero-order valence-electron chi connectivity index (χ0n) is 18.1. The summed E-state index contributed by atoms with van der Waals surface area (Å²) in [5.74, 6) is 0.252. The van der Waals surface area contributed by atoms with Crippen LogP contribution in [0.15, 0.2) is 29.6 Å². The number of nitrogens with one attached hydrogen (secondary N) is 1. The number of carbonyl (C=O) groups is 1. The van der Waals surface area contributed by atoms with Gasteiger partial charge in [0.05, 0.1) is 22.1 Å². The SMILES string of the molecule is CCN1CCN(c2ccccc2NC(=O)C2CCN(Cc3csc(C)n3)CC2)CC1. The van der Waals surface area contributed by atoms with Crippen molar-refractivity contribution in [2.24, 2.45) is 5.92 Å². The van der Waals surface area contributed by atoms with Crippen LogP contribution in [-0.2, 0) is 11.3 Å². The van der Waals surface area contributed by atoms with E-state index in [2.05, 4.69) is 49.4 Å². The average Bonchev–Trinajstić information content (AvgIpc) is 3.19. The molecule has 1 aromatic carbocycles. The van der Waals surface area contributed by atoms with E-state index in [0.29, 0.717) is 0 Å². The number of amides is 1. The van der Waals surface area contributed by atoms with E-state index in [0.717, 1.165) is 87.3 Å². The molecule has 0 spiro atoms. The average molecular weight is 428 g/mol. The largest absolute Gasteiger partial charge is 0.367 e. The third-order valence-electron chi connectivity index (χ3n) is 6.33. The van der Waals surface area contributed by atoms with Gasteiger partial charge in [-0.3, -0.25) is 9.69 Å². The number of thiazole rings is 1. The molecule has 2 aliphatic heterocycles. The summed E-state index contributed by atoms with van der Waals surface area (Å²) in [4.78, 5) is 24.9. The number of likely N-dealkylation sites (N-methyl/N-ethyl adjacent to an activating group) is 1. The highest BCUT2D eigenvalue weighted by molar-refractivity contribution is 7.09. The van der Waals surface area contributed by atoms with E-state index >= 15 is 0 Å². The zero-order valence-corrected chi connectivity index (χ0v) is 19.0. The number of piperidine rings is 1. The van der Waals surface area contributed by atoms with Crippen LogP contribution in [0.3, 0.4) is 0 Å². The first kappa shape index (κ1) is 21.3. The fourth-order valence-electron chi connectivity index (χ4n) is 4.46. The fourth-order valence-corrected chi connectivity index (χ4v) is 5.06. The van der Waals surface area contributed by atoms with Gasteiger partial charge in [0, 0.05) is 44.0 Å². The Bertz CT molecular complexity index is 838. The zero-order chi connectivity index (χ0) is 20.9. The van der Waals surface area contributed by atoms with Crippen LogP contribution in [-0.4, -0.2) is 66.5 Å². The summed E-state index contributed by atoms with van der Waals surface area (Å²) in [5.41, 5.74) is 3.25. The van der Waals surface area contributed by atoms with Gasteiger partial charge in [-0.1, -0.05) is 19.1 Å². The fraction of sp³-hybridized carbons (Fsp3) is 0.565. The Hall–Kier alpha value is -1.96. The lowest BCUT2D eigenvalue weighted by molar-refractivity contribution is -0.121. The smallest absolute Gasteiger partial charge is 0.227 e. The number of carbonyl (C=O) groups excluding carboxylic acids is 1. The van der Waals surface area contributed by atoms with Gasteiger partial charge in [-0.25, -0.2) is 4.98 Å². The van der Waals surface area contributed by atoms with Gasteiger partial charge in [-0.15, -0.1) is 11.3 Å². The summed E-state index contributed by atoms with van der Waals surface area (Å²) in [7, 11) is 0. The highest BCUT2D eigenvalue weighted by Gasteiger charge is 2.26. The summed E-state index contributed by atoms with van der Waals surface area (Å²) < 4.78 is 0. The Balaban J connectivity index is 1.31. The van der Waals surface area contributed by atoms with Gasteiger partial charge >= 0.3 is 0 Å². The Morgan fingerprint density at radius 3 is 2.50 bits per heavy atom. The van der Waals surface area contributed by atoms with Crippen molar-refractivity contribution < 1.29 is 4.79 Å². The molecule has 2 fully saturated rings. The third-order valence-corrected chi connectivity index (χ3v) is 7.15. The van der Waals surface area contributed by atoms with E-state index in [9.17, 15) is 4.79 Å². The second kappa shape index (κ2) is 9.90. The van der Waals surface area contributed by atoms with Gasteiger partial charge in [0.2, 0.25) is 5.91 Å². The Morgan fingerprint density at radius 1 is 1.10 bits per heavy atom. The number of hydrogen-bond donors (Lipinski definition) is 1. The number of aromatic nitrogens is 1. The number of anilines is 2. The van der Waals surface area contributed by atoms with Crippen molar-refractivity contribution in [1.82, 2.24) is 14.8 Å². The molecule has 6 nitrogen and oxygen atoms in total. The Kier molecular flexibility index (Phi) is 7.02. The lowest BCUT2D eigenvalue weighted by Crippen LogP contribution is -2.46. The molecule has 0 bridgehead atoms. The molecule has 2 aliphatic rings. The first-order valence-corrected chi connectivity index (χ1v) is 12.0. The summed E-state index contributed by atoms with van der Waals surface area (Å²) in [6.45, 7) is 12.3. The quantitative estimate of drug-likeness (QED) is 0.765. The Morgan fingerprint density at radius 2 is 1.83 bits per heavy atom. The van der Waals surface area contributed by atoms with Crippen molar-refractivity contribution in [3.05, 3.63) is 40.3 Å². The molecule has 0 radical (unpaired) electrons. The monoisotopic (exact) mass is 427 g/mol. The summed E-state index contributed by atoms with van der Waals surface area (Å²) >= 11 is 1.71. The standard InChI is InChI=1S/C23H33N5OS/c1-3-26-12-14-28(15-13-26)22-7-5-4-6-21(22)25-23(29)19-8-10-27(11-9-19)16-20-17-30-18(2)24-20/h4-7,17,19H,3,8-16H2,1-2H3,(H,25,29). The van der Waals surface area contributed by atoms with Crippen molar-refractivity contribution in [2.75, 3.05) is 56.0 Å². The molecule has 0 saturated carbocycles. The highest BCUT2D eigenvalue weighted by Crippen LogP contribution is 2.28. The summed E-state index contributed by atoms with van der Waals surface area (Å²) in [6.07, 6.45) is 1.82. The van der Waals surface area contributed by atoms with E-state index < -0.39 is 0 Å². The van der Waals surface area contributed by atoms with Crippen LogP contribution in [0.25, 0.3) is 0 Å². The molecule has 3 heterocycles. The topological polar surface area (TPSA) is 51.7 Å². The molecule has 2 saturated heterocycles. The molecule has 1 amide bonds. The molecule has 2 aromatic rings. The molecule has 162 valence electrons. The predicted octanol–water partition coefficient (Wildman–Crippen LogP) is 3.44. The number of hydrogen-bond acceptors (Lipinski definition) is 6. The first-order chi connectivity index (χ1) is 14.6. The van der Waals surface area contributed by atoms with Crippen LogP contribution in [0.4, 0.5) is 11.4 Å². The lowest BCUT2D eigenvalue weighted by Gasteiger charge is -2.36. The number of piperazine rings is 1. The van der Waals surface area contributed by atoms with Gasteiger partial charge in [-0.05, 0) is 51.5 Å². The number of likely N-dealkylation sites (tertiary alicyclic amines) is 1. The highest BCUT2D eigenvalue weighted by atomic mass is 32.1. The minimum atomic E-state index is 0.0865. The molecule has 0 unspecified atom stereocenters. The molecular weight excluding hydrogens is 394 g/mol. The molecule has 1 aromatic heterocycles.